The van der Waals surface area contributed by atoms with Crippen LogP contribution in [0.15, 0.2) is 78.9 Å². The molecule has 1 fully saturated rings. The molecule has 0 saturated carbocycles. The maximum Gasteiger partial charge on any atom is 0.255 e. The highest BCUT2D eigenvalue weighted by Crippen LogP contribution is 2.15. The first-order valence-corrected chi connectivity index (χ1v) is 10.9. The Hall–Kier alpha value is -3.48. The van der Waals surface area contributed by atoms with E-state index in [0.29, 0.717) is 11.1 Å². The number of nitrogens with one attached hydrogen (secondary N) is 1. The van der Waals surface area contributed by atoms with Crippen molar-refractivity contribution in [2.75, 3.05) is 31.5 Å². The van der Waals surface area contributed by atoms with E-state index in [2.05, 4.69) is 45.4 Å². The van der Waals surface area contributed by atoms with Crippen LogP contribution in [0.2, 0.25) is 0 Å². The normalized spacial score (nSPS) is 14.8. The molecule has 6 heteroatoms. The van der Waals surface area contributed by atoms with Crippen LogP contribution in [0.4, 0.5) is 5.69 Å². The number of hydrogen-bond donors (Lipinski definition) is 2. The van der Waals surface area contributed by atoms with Gasteiger partial charge in [-0.15, -0.1) is 0 Å². The first kappa shape index (κ1) is 21.7. The monoisotopic (exact) mass is 428 g/mol. The van der Waals surface area contributed by atoms with Crippen molar-refractivity contribution in [3.05, 3.63) is 101 Å². The summed E-state index contributed by atoms with van der Waals surface area (Å²) in [7, 11) is 0. The Kier molecular flexibility index (Phi) is 6.94. The fourth-order valence-electron chi connectivity index (χ4n) is 3.92. The molecule has 2 amide bonds. The first-order chi connectivity index (χ1) is 15.6. The molecule has 1 aliphatic rings. The number of carbonyl (C=O) groups excluding carboxylic acids is 2. The van der Waals surface area contributed by atoms with Crippen LogP contribution in [-0.4, -0.2) is 47.8 Å². The molecule has 0 spiro atoms. The molecule has 0 unspecified atom stereocenters. The Balaban J connectivity index is 1.27. The fraction of sp³-hybridized carbons (Fsp3) is 0.231. The zero-order valence-corrected chi connectivity index (χ0v) is 18.0. The highest BCUT2D eigenvalue weighted by Gasteiger charge is 2.17. The molecule has 0 radical (unpaired) electrons. The molecule has 0 aromatic heterocycles. The van der Waals surface area contributed by atoms with Crippen molar-refractivity contribution >= 4 is 17.5 Å². The summed E-state index contributed by atoms with van der Waals surface area (Å²) in [4.78, 5) is 28.8. The number of primary amides is 1. The minimum Gasteiger partial charge on any atom is -0.366 e. The van der Waals surface area contributed by atoms with Crippen molar-refractivity contribution in [3.63, 3.8) is 0 Å². The highest BCUT2D eigenvalue weighted by molar-refractivity contribution is 6.06. The average Bonchev–Trinajstić information content (AvgIpc) is 2.82. The van der Waals surface area contributed by atoms with Crippen molar-refractivity contribution in [1.82, 2.24) is 9.80 Å². The molecular weight excluding hydrogens is 400 g/mol. The Morgan fingerprint density at radius 1 is 0.719 bits per heavy atom. The lowest BCUT2D eigenvalue weighted by molar-refractivity contribution is 0.1000. The molecule has 6 nitrogen and oxygen atoms in total. The van der Waals surface area contributed by atoms with Crippen LogP contribution in [0, 0.1) is 0 Å². The Morgan fingerprint density at radius 3 is 1.88 bits per heavy atom. The van der Waals surface area contributed by atoms with Gasteiger partial charge in [0.2, 0.25) is 5.91 Å². The summed E-state index contributed by atoms with van der Waals surface area (Å²) in [5.74, 6) is -0.819. The second kappa shape index (κ2) is 10.2. The van der Waals surface area contributed by atoms with Gasteiger partial charge in [-0.25, -0.2) is 0 Å². The minimum atomic E-state index is -0.551. The number of amides is 2. The van der Waals surface area contributed by atoms with Crippen LogP contribution in [0.1, 0.15) is 31.8 Å². The van der Waals surface area contributed by atoms with Crippen molar-refractivity contribution in [2.24, 2.45) is 5.73 Å². The summed E-state index contributed by atoms with van der Waals surface area (Å²) in [6.07, 6.45) is 0. The van der Waals surface area contributed by atoms with E-state index in [0.717, 1.165) is 45.0 Å². The summed E-state index contributed by atoms with van der Waals surface area (Å²) in [6.45, 7) is 6.11. The highest BCUT2D eigenvalue weighted by atomic mass is 16.2. The summed E-state index contributed by atoms with van der Waals surface area (Å²) in [5.41, 5.74) is 9.31. The Morgan fingerprint density at radius 2 is 1.28 bits per heavy atom. The number of nitrogens with zero attached hydrogens (tertiary/aromatic N) is 2. The number of benzene rings is 3. The summed E-state index contributed by atoms with van der Waals surface area (Å²) in [5, 5.41) is 2.87. The second-order valence-electron chi connectivity index (χ2n) is 8.13. The van der Waals surface area contributed by atoms with Crippen LogP contribution in [0.3, 0.4) is 0 Å². The molecule has 0 aliphatic carbocycles. The molecule has 0 atom stereocenters. The molecular formula is C26H28N4O2. The van der Waals surface area contributed by atoms with Crippen LogP contribution >= 0.6 is 0 Å². The van der Waals surface area contributed by atoms with Crippen LogP contribution < -0.4 is 11.1 Å². The predicted molar refractivity (Wildman–Crippen MR) is 126 cm³/mol. The molecule has 3 aromatic rings. The van der Waals surface area contributed by atoms with E-state index in [-0.39, 0.29) is 5.91 Å². The summed E-state index contributed by atoms with van der Waals surface area (Å²) in [6, 6.07) is 24.9. The molecule has 1 aliphatic heterocycles. The standard InChI is InChI=1S/C26H28N4O2/c27-25(31)22-7-4-8-23(17-22)26(32)28-24-11-9-21(10-12-24)19-30-15-13-29(14-16-30)18-20-5-2-1-3-6-20/h1-12,17H,13-16,18-19H2,(H2,27,31)(H,28,32). The van der Waals surface area contributed by atoms with E-state index in [1.54, 1.807) is 18.2 Å². The van der Waals surface area contributed by atoms with E-state index in [1.807, 2.05) is 24.3 Å². The number of anilines is 1. The molecule has 1 heterocycles. The maximum absolute atomic E-state index is 12.5. The van der Waals surface area contributed by atoms with Gasteiger partial charge in [0, 0.05) is 56.1 Å². The average molecular weight is 429 g/mol. The lowest BCUT2D eigenvalue weighted by atomic mass is 10.1. The van der Waals surface area contributed by atoms with E-state index in [4.69, 9.17) is 5.73 Å². The van der Waals surface area contributed by atoms with Crippen molar-refractivity contribution in [3.8, 4) is 0 Å². The largest absolute Gasteiger partial charge is 0.366 e. The van der Waals surface area contributed by atoms with Gasteiger partial charge in [-0.1, -0.05) is 48.5 Å². The Labute approximate surface area is 188 Å². The van der Waals surface area contributed by atoms with Crippen LogP contribution in [0.5, 0.6) is 0 Å². The second-order valence-corrected chi connectivity index (χ2v) is 8.13. The molecule has 0 bridgehead atoms. The molecule has 4 rings (SSSR count). The number of piperazine rings is 1. The molecule has 3 aromatic carbocycles. The lowest BCUT2D eigenvalue weighted by Crippen LogP contribution is -2.45. The topological polar surface area (TPSA) is 78.7 Å². The fourth-order valence-corrected chi connectivity index (χ4v) is 3.92. The third-order valence-corrected chi connectivity index (χ3v) is 5.74. The summed E-state index contributed by atoms with van der Waals surface area (Å²) >= 11 is 0. The van der Waals surface area contributed by atoms with E-state index < -0.39 is 5.91 Å². The number of nitrogens with two attached hydrogens (primary N) is 1. The lowest BCUT2D eigenvalue weighted by Gasteiger charge is -2.34. The van der Waals surface area contributed by atoms with Crippen molar-refractivity contribution < 1.29 is 9.59 Å². The van der Waals surface area contributed by atoms with E-state index in [1.165, 1.54) is 17.2 Å². The van der Waals surface area contributed by atoms with E-state index in [9.17, 15) is 9.59 Å². The predicted octanol–water partition coefficient (Wildman–Crippen LogP) is 3.36. The van der Waals surface area contributed by atoms with Crippen molar-refractivity contribution in [2.45, 2.75) is 13.1 Å². The SMILES string of the molecule is NC(=O)c1cccc(C(=O)Nc2ccc(CN3CCN(Cc4ccccc4)CC3)cc2)c1. The smallest absolute Gasteiger partial charge is 0.255 e. The maximum atomic E-state index is 12.5. The van der Waals surface area contributed by atoms with Gasteiger partial charge < -0.3 is 11.1 Å². The molecule has 3 N–H and O–H groups in total. The van der Waals surface area contributed by atoms with Gasteiger partial charge in [0.15, 0.2) is 0 Å². The van der Waals surface area contributed by atoms with Gasteiger partial charge in [-0.05, 0) is 41.5 Å². The third-order valence-electron chi connectivity index (χ3n) is 5.74. The number of hydrogen-bond acceptors (Lipinski definition) is 4. The van der Waals surface area contributed by atoms with Crippen molar-refractivity contribution in [1.29, 1.82) is 0 Å². The van der Waals surface area contributed by atoms with Gasteiger partial charge in [0.1, 0.15) is 0 Å². The zero-order valence-electron chi connectivity index (χ0n) is 18.0. The zero-order chi connectivity index (χ0) is 22.3. The summed E-state index contributed by atoms with van der Waals surface area (Å²) < 4.78 is 0. The molecule has 1 saturated heterocycles. The third kappa shape index (κ3) is 5.81. The number of rotatable bonds is 7. The quantitative estimate of drug-likeness (QED) is 0.605. The number of carbonyl (C=O) groups is 2. The molecule has 164 valence electrons. The van der Waals surface area contributed by atoms with Gasteiger partial charge in [-0.3, -0.25) is 19.4 Å². The van der Waals surface area contributed by atoms with Crippen LogP contribution in [0.25, 0.3) is 0 Å². The first-order valence-electron chi connectivity index (χ1n) is 10.9. The van der Waals surface area contributed by atoms with Gasteiger partial charge in [0.25, 0.3) is 5.91 Å². The molecule has 32 heavy (non-hydrogen) atoms. The Bertz CT molecular complexity index is 1060. The minimum absolute atomic E-state index is 0.268. The van der Waals surface area contributed by atoms with Crippen LogP contribution in [-0.2, 0) is 13.1 Å². The van der Waals surface area contributed by atoms with Gasteiger partial charge in [-0.2, -0.15) is 0 Å². The van der Waals surface area contributed by atoms with E-state index >= 15 is 0 Å². The van der Waals surface area contributed by atoms with Gasteiger partial charge >= 0.3 is 0 Å². The van der Waals surface area contributed by atoms with Gasteiger partial charge in [0.05, 0.1) is 0 Å².